The van der Waals surface area contributed by atoms with Crippen LogP contribution in [0.1, 0.15) is 30.4 Å². The van der Waals surface area contributed by atoms with E-state index in [2.05, 4.69) is 10.6 Å². The SMILES string of the molecule is O=C(CCc1ccccc1)NC1CCN(C(=O)Nc2ccc(CN3CCOC3=O)cc2)CC1. The van der Waals surface area contributed by atoms with Crippen LogP contribution < -0.4 is 10.6 Å². The van der Waals surface area contributed by atoms with Gasteiger partial charge >= 0.3 is 12.1 Å². The summed E-state index contributed by atoms with van der Waals surface area (Å²) in [5, 5.41) is 6.03. The lowest BCUT2D eigenvalue weighted by Gasteiger charge is -2.32. The van der Waals surface area contributed by atoms with Crippen LogP contribution in [0.5, 0.6) is 0 Å². The van der Waals surface area contributed by atoms with Gasteiger partial charge < -0.3 is 25.2 Å². The van der Waals surface area contributed by atoms with Crippen LogP contribution in [0.25, 0.3) is 0 Å². The number of rotatable bonds is 7. The van der Waals surface area contributed by atoms with E-state index in [4.69, 9.17) is 4.74 Å². The Balaban J connectivity index is 1.17. The van der Waals surface area contributed by atoms with Crippen molar-refractivity contribution in [2.45, 2.75) is 38.3 Å². The maximum atomic E-state index is 12.6. The maximum absolute atomic E-state index is 12.6. The molecule has 0 spiro atoms. The Morgan fingerprint density at radius 2 is 1.67 bits per heavy atom. The summed E-state index contributed by atoms with van der Waals surface area (Å²) in [4.78, 5) is 39.9. The Kier molecular flexibility index (Phi) is 7.44. The van der Waals surface area contributed by atoms with Crippen LogP contribution in [0, 0.1) is 0 Å². The molecule has 2 aliphatic rings. The van der Waals surface area contributed by atoms with E-state index in [1.807, 2.05) is 54.6 Å². The number of likely N-dealkylation sites (tertiary alicyclic amines) is 1. The average Bonchev–Trinajstić information content (AvgIpc) is 3.24. The summed E-state index contributed by atoms with van der Waals surface area (Å²) in [6, 6.07) is 17.4. The van der Waals surface area contributed by atoms with Crippen LogP contribution in [-0.4, -0.2) is 60.1 Å². The van der Waals surface area contributed by atoms with E-state index in [9.17, 15) is 14.4 Å². The summed E-state index contributed by atoms with van der Waals surface area (Å²) in [5.41, 5.74) is 2.85. The number of hydrogen-bond acceptors (Lipinski definition) is 4. The van der Waals surface area contributed by atoms with Crippen LogP contribution in [0.15, 0.2) is 54.6 Å². The third-order valence-corrected chi connectivity index (χ3v) is 6.05. The fourth-order valence-electron chi connectivity index (χ4n) is 4.12. The van der Waals surface area contributed by atoms with Gasteiger partial charge in [-0.15, -0.1) is 0 Å². The van der Waals surface area contributed by atoms with Crippen molar-refractivity contribution < 1.29 is 19.1 Å². The molecule has 4 rings (SSSR count). The summed E-state index contributed by atoms with van der Waals surface area (Å²) in [7, 11) is 0. The molecule has 0 unspecified atom stereocenters. The molecular weight excluding hydrogens is 420 g/mol. The number of benzene rings is 2. The smallest absolute Gasteiger partial charge is 0.410 e. The first-order valence-corrected chi connectivity index (χ1v) is 11.5. The highest BCUT2D eigenvalue weighted by Gasteiger charge is 2.24. The minimum Gasteiger partial charge on any atom is -0.448 e. The zero-order chi connectivity index (χ0) is 23.0. The number of ether oxygens (including phenoxy) is 1. The van der Waals surface area contributed by atoms with Crippen LogP contribution >= 0.6 is 0 Å². The number of piperidine rings is 1. The van der Waals surface area contributed by atoms with Crippen molar-refractivity contribution in [2.24, 2.45) is 0 Å². The number of nitrogens with zero attached hydrogens (tertiary/aromatic N) is 2. The lowest BCUT2D eigenvalue weighted by atomic mass is 10.0. The summed E-state index contributed by atoms with van der Waals surface area (Å²) in [6.07, 6.45) is 2.40. The number of aryl methyl sites for hydroxylation is 1. The van der Waals surface area contributed by atoms with Crippen molar-refractivity contribution in [2.75, 3.05) is 31.6 Å². The van der Waals surface area contributed by atoms with E-state index in [0.717, 1.165) is 30.4 Å². The van der Waals surface area contributed by atoms with Crippen molar-refractivity contribution in [3.63, 3.8) is 0 Å². The fourth-order valence-corrected chi connectivity index (χ4v) is 4.12. The van der Waals surface area contributed by atoms with Gasteiger partial charge in [-0.25, -0.2) is 9.59 Å². The second kappa shape index (κ2) is 10.8. The molecule has 2 aromatic carbocycles. The predicted molar refractivity (Wildman–Crippen MR) is 125 cm³/mol. The third-order valence-electron chi connectivity index (χ3n) is 6.05. The minimum atomic E-state index is -0.289. The summed E-state index contributed by atoms with van der Waals surface area (Å²) in [6.45, 7) is 2.73. The Morgan fingerprint density at radius 1 is 0.939 bits per heavy atom. The van der Waals surface area contributed by atoms with Crippen molar-refractivity contribution in [3.8, 4) is 0 Å². The highest BCUT2D eigenvalue weighted by Crippen LogP contribution is 2.16. The number of carbonyl (C=O) groups is 3. The van der Waals surface area contributed by atoms with Crippen molar-refractivity contribution >= 4 is 23.7 Å². The molecule has 0 radical (unpaired) electrons. The molecule has 0 aliphatic carbocycles. The predicted octanol–water partition coefficient (Wildman–Crippen LogP) is 3.38. The molecule has 2 aliphatic heterocycles. The number of amides is 4. The molecule has 8 nitrogen and oxygen atoms in total. The molecule has 174 valence electrons. The molecule has 0 atom stereocenters. The highest BCUT2D eigenvalue weighted by molar-refractivity contribution is 5.89. The molecule has 0 bridgehead atoms. The van der Waals surface area contributed by atoms with Gasteiger partial charge in [0.2, 0.25) is 5.91 Å². The van der Waals surface area contributed by atoms with Gasteiger partial charge in [-0.05, 0) is 42.5 Å². The molecule has 2 aromatic rings. The molecule has 2 saturated heterocycles. The number of urea groups is 1. The Morgan fingerprint density at radius 3 is 2.33 bits per heavy atom. The number of cyclic esters (lactones) is 1. The monoisotopic (exact) mass is 450 g/mol. The minimum absolute atomic E-state index is 0.0593. The van der Waals surface area contributed by atoms with E-state index in [1.54, 1.807) is 9.80 Å². The average molecular weight is 451 g/mol. The van der Waals surface area contributed by atoms with Gasteiger partial charge in [-0.3, -0.25) is 4.79 Å². The molecule has 4 amide bonds. The van der Waals surface area contributed by atoms with Gasteiger partial charge in [0.15, 0.2) is 0 Å². The second-order valence-corrected chi connectivity index (χ2v) is 8.48. The summed E-state index contributed by atoms with van der Waals surface area (Å²) in [5.74, 6) is 0.0593. The van der Waals surface area contributed by atoms with Gasteiger partial charge in [0.25, 0.3) is 0 Å². The standard InChI is InChI=1S/C25H30N4O4/c30-23(11-8-19-4-2-1-3-5-19)26-22-12-14-28(15-13-22)24(31)27-21-9-6-20(7-10-21)18-29-16-17-33-25(29)32/h1-7,9-10,22H,8,11-18H2,(H,26,30)(H,27,31). The highest BCUT2D eigenvalue weighted by atomic mass is 16.6. The van der Waals surface area contributed by atoms with E-state index in [-0.39, 0.29) is 24.1 Å². The summed E-state index contributed by atoms with van der Waals surface area (Å²) >= 11 is 0. The van der Waals surface area contributed by atoms with Crippen LogP contribution in [0.4, 0.5) is 15.3 Å². The van der Waals surface area contributed by atoms with Gasteiger partial charge in [0, 0.05) is 37.8 Å². The number of anilines is 1. The molecule has 0 saturated carbocycles. The quantitative estimate of drug-likeness (QED) is 0.677. The lowest BCUT2D eigenvalue weighted by Crippen LogP contribution is -2.47. The largest absolute Gasteiger partial charge is 0.448 e. The maximum Gasteiger partial charge on any atom is 0.410 e. The zero-order valence-electron chi connectivity index (χ0n) is 18.7. The molecule has 2 heterocycles. The first-order valence-electron chi connectivity index (χ1n) is 11.5. The first kappa shape index (κ1) is 22.6. The van der Waals surface area contributed by atoms with Crippen molar-refractivity contribution in [3.05, 3.63) is 65.7 Å². The van der Waals surface area contributed by atoms with Gasteiger partial charge in [-0.1, -0.05) is 42.5 Å². The normalized spacial score (nSPS) is 16.4. The topological polar surface area (TPSA) is 91.0 Å². The number of nitrogens with one attached hydrogen (secondary N) is 2. The first-order chi connectivity index (χ1) is 16.1. The second-order valence-electron chi connectivity index (χ2n) is 8.48. The molecule has 8 heteroatoms. The van der Waals surface area contributed by atoms with E-state index in [0.29, 0.717) is 44.9 Å². The molecule has 2 fully saturated rings. The number of carbonyl (C=O) groups excluding carboxylic acids is 3. The number of hydrogen-bond donors (Lipinski definition) is 2. The Bertz CT molecular complexity index is 956. The third kappa shape index (κ3) is 6.47. The van der Waals surface area contributed by atoms with E-state index < -0.39 is 0 Å². The van der Waals surface area contributed by atoms with Gasteiger partial charge in [0.1, 0.15) is 6.61 Å². The molecule has 2 N–H and O–H groups in total. The summed E-state index contributed by atoms with van der Waals surface area (Å²) < 4.78 is 4.94. The fraction of sp³-hybridized carbons (Fsp3) is 0.400. The van der Waals surface area contributed by atoms with Crippen molar-refractivity contribution in [1.29, 1.82) is 0 Å². The van der Waals surface area contributed by atoms with Gasteiger partial charge in [0.05, 0.1) is 6.54 Å². The van der Waals surface area contributed by atoms with Crippen LogP contribution in [0.2, 0.25) is 0 Å². The molecule has 0 aromatic heterocycles. The zero-order valence-corrected chi connectivity index (χ0v) is 18.7. The molecular formula is C25H30N4O4. The van der Waals surface area contributed by atoms with Crippen LogP contribution in [-0.2, 0) is 22.5 Å². The Labute approximate surface area is 193 Å². The van der Waals surface area contributed by atoms with E-state index in [1.165, 1.54) is 0 Å². The molecule has 33 heavy (non-hydrogen) atoms. The lowest BCUT2D eigenvalue weighted by molar-refractivity contribution is -0.122. The Hall–Kier alpha value is -3.55. The van der Waals surface area contributed by atoms with Gasteiger partial charge in [-0.2, -0.15) is 0 Å². The van der Waals surface area contributed by atoms with Crippen molar-refractivity contribution in [1.82, 2.24) is 15.1 Å². The van der Waals surface area contributed by atoms with E-state index >= 15 is 0 Å². The van der Waals surface area contributed by atoms with Crippen LogP contribution in [0.3, 0.4) is 0 Å².